The van der Waals surface area contributed by atoms with Crippen LogP contribution in [-0.2, 0) is 10.2 Å². The van der Waals surface area contributed by atoms with E-state index in [1.54, 1.807) is 20.0 Å². The van der Waals surface area contributed by atoms with Gasteiger partial charge >= 0.3 is 0 Å². The largest absolute Gasteiger partial charge is 0.302 e. The molecule has 1 rings (SSSR count). The van der Waals surface area contributed by atoms with Crippen molar-refractivity contribution in [3.05, 3.63) is 27.5 Å². The van der Waals surface area contributed by atoms with Crippen LogP contribution in [0.3, 0.4) is 0 Å². The van der Waals surface area contributed by atoms with Crippen LogP contribution in [0.25, 0.3) is 0 Å². The van der Waals surface area contributed by atoms with E-state index in [0.29, 0.717) is 5.15 Å². The number of halogens is 2. The van der Waals surface area contributed by atoms with Gasteiger partial charge in [0.05, 0.1) is 0 Å². The van der Waals surface area contributed by atoms with Crippen LogP contribution in [0.5, 0.6) is 0 Å². The van der Waals surface area contributed by atoms with Crippen molar-refractivity contribution >= 4 is 33.8 Å². The van der Waals surface area contributed by atoms with Gasteiger partial charge in [0.1, 0.15) is 11.4 Å². The minimum absolute atomic E-state index is 0.375. The molecule has 1 aromatic heterocycles. The SMILES string of the molecule is CC(C)(C=O)c1cc(Br)cnc1Cl. The zero-order valence-electron chi connectivity index (χ0n) is 7.34. The van der Waals surface area contributed by atoms with Crippen LogP contribution >= 0.6 is 27.5 Å². The van der Waals surface area contributed by atoms with Crippen molar-refractivity contribution in [1.29, 1.82) is 0 Å². The van der Waals surface area contributed by atoms with Crippen LogP contribution in [0.15, 0.2) is 16.7 Å². The Hall–Kier alpha value is -0.410. The Morgan fingerprint density at radius 3 is 2.77 bits per heavy atom. The molecule has 0 fully saturated rings. The monoisotopic (exact) mass is 261 g/mol. The Morgan fingerprint density at radius 1 is 1.62 bits per heavy atom. The molecule has 0 bridgehead atoms. The Kier molecular flexibility index (Phi) is 3.09. The lowest BCUT2D eigenvalue weighted by atomic mass is 9.88. The van der Waals surface area contributed by atoms with Gasteiger partial charge in [-0.1, -0.05) is 11.6 Å². The van der Waals surface area contributed by atoms with Gasteiger partial charge in [0, 0.05) is 21.6 Å². The Morgan fingerprint density at radius 2 is 2.23 bits per heavy atom. The molecule has 0 saturated heterocycles. The van der Waals surface area contributed by atoms with Crippen molar-refractivity contribution in [2.45, 2.75) is 19.3 Å². The zero-order valence-corrected chi connectivity index (χ0v) is 9.69. The molecule has 0 unspecified atom stereocenters. The maximum atomic E-state index is 10.8. The van der Waals surface area contributed by atoms with Crippen LogP contribution in [0.1, 0.15) is 19.4 Å². The van der Waals surface area contributed by atoms with Crippen LogP contribution in [0.4, 0.5) is 0 Å². The molecule has 0 aliphatic carbocycles. The molecule has 1 aromatic rings. The number of pyridine rings is 1. The van der Waals surface area contributed by atoms with E-state index in [1.807, 2.05) is 6.07 Å². The van der Waals surface area contributed by atoms with Gasteiger partial charge < -0.3 is 4.79 Å². The number of rotatable bonds is 2. The van der Waals surface area contributed by atoms with Crippen LogP contribution in [0, 0.1) is 0 Å². The van der Waals surface area contributed by atoms with Gasteiger partial charge in [-0.3, -0.25) is 0 Å². The molecule has 2 nitrogen and oxygen atoms in total. The highest BCUT2D eigenvalue weighted by molar-refractivity contribution is 9.10. The standard InChI is InChI=1S/C9H9BrClNO/c1-9(2,5-13)7-3-6(10)4-12-8(7)11/h3-5H,1-2H3. The van der Waals surface area contributed by atoms with E-state index in [2.05, 4.69) is 20.9 Å². The molecule has 0 aliphatic heterocycles. The second-order valence-electron chi connectivity index (χ2n) is 3.33. The summed E-state index contributed by atoms with van der Waals surface area (Å²) < 4.78 is 0.821. The van der Waals surface area contributed by atoms with E-state index in [9.17, 15) is 4.79 Å². The number of aromatic nitrogens is 1. The van der Waals surface area contributed by atoms with Crippen molar-refractivity contribution in [3.8, 4) is 0 Å². The summed E-state index contributed by atoms with van der Waals surface area (Å²) in [4.78, 5) is 14.7. The van der Waals surface area contributed by atoms with Crippen molar-refractivity contribution in [3.63, 3.8) is 0 Å². The number of carbonyl (C=O) groups is 1. The summed E-state index contributed by atoms with van der Waals surface area (Å²) >= 11 is 9.15. The van der Waals surface area contributed by atoms with Crippen molar-refractivity contribution in [2.75, 3.05) is 0 Å². The minimum Gasteiger partial charge on any atom is -0.302 e. The smallest absolute Gasteiger partial charge is 0.133 e. The van der Waals surface area contributed by atoms with Crippen LogP contribution in [-0.4, -0.2) is 11.3 Å². The summed E-state index contributed by atoms with van der Waals surface area (Å²) in [6, 6.07) is 1.81. The number of aldehydes is 1. The molecule has 0 N–H and O–H groups in total. The lowest BCUT2D eigenvalue weighted by Gasteiger charge is -2.18. The van der Waals surface area contributed by atoms with Gasteiger partial charge in [-0.15, -0.1) is 0 Å². The molecule has 1 heterocycles. The lowest BCUT2D eigenvalue weighted by molar-refractivity contribution is -0.111. The van der Waals surface area contributed by atoms with Gasteiger partial charge in [0.25, 0.3) is 0 Å². The summed E-state index contributed by atoms with van der Waals surface area (Å²) in [5.74, 6) is 0. The molecule has 0 atom stereocenters. The predicted molar refractivity (Wildman–Crippen MR) is 56.0 cm³/mol. The Labute approximate surface area is 90.4 Å². The van der Waals surface area contributed by atoms with E-state index in [-0.39, 0.29) is 0 Å². The molecule has 4 heteroatoms. The predicted octanol–water partition coefficient (Wildman–Crippen LogP) is 2.97. The highest BCUT2D eigenvalue weighted by atomic mass is 79.9. The summed E-state index contributed by atoms with van der Waals surface area (Å²) in [7, 11) is 0. The fraction of sp³-hybridized carbons (Fsp3) is 0.333. The Balaban J connectivity index is 3.28. The van der Waals surface area contributed by atoms with Crippen molar-refractivity contribution in [2.24, 2.45) is 0 Å². The fourth-order valence-corrected chi connectivity index (χ4v) is 1.62. The Bertz CT molecular complexity index is 338. The molecule has 0 amide bonds. The van der Waals surface area contributed by atoms with E-state index >= 15 is 0 Å². The average molecular weight is 263 g/mol. The third-order valence-electron chi connectivity index (χ3n) is 1.79. The third kappa shape index (κ3) is 2.29. The zero-order chi connectivity index (χ0) is 10.1. The number of carbonyl (C=O) groups excluding carboxylic acids is 1. The number of hydrogen-bond donors (Lipinski definition) is 0. The van der Waals surface area contributed by atoms with Crippen LogP contribution in [0.2, 0.25) is 5.15 Å². The molecule has 0 aromatic carbocycles. The molecule has 0 aliphatic rings. The minimum atomic E-state index is -0.589. The highest BCUT2D eigenvalue weighted by Gasteiger charge is 2.23. The first kappa shape index (κ1) is 10.7. The van der Waals surface area contributed by atoms with Crippen molar-refractivity contribution in [1.82, 2.24) is 4.98 Å². The van der Waals surface area contributed by atoms with E-state index in [1.165, 1.54) is 0 Å². The maximum Gasteiger partial charge on any atom is 0.133 e. The highest BCUT2D eigenvalue weighted by Crippen LogP contribution is 2.28. The van der Waals surface area contributed by atoms with Gasteiger partial charge in [-0.2, -0.15) is 0 Å². The van der Waals surface area contributed by atoms with E-state index in [0.717, 1.165) is 16.3 Å². The second kappa shape index (κ2) is 3.76. The number of nitrogens with zero attached hydrogens (tertiary/aromatic N) is 1. The summed E-state index contributed by atoms with van der Waals surface area (Å²) in [6.07, 6.45) is 2.47. The second-order valence-corrected chi connectivity index (χ2v) is 4.61. The first-order valence-electron chi connectivity index (χ1n) is 3.75. The molecular formula is C9H9BrClNO. The normalized spacial score (nSPS) is 11.4. The molecular weight excluding hydrogens is 253 g/mol. The van der Waals surface area contributed by atoms with Gasteiger partial charge in [0.15, 0.2) is 0 Å². The molecule has 70 valence electrons. The summed E-state index contributed by atoms with van der Waals surface area (Å²) in [5.41, 5.74) is 0.145. The molecule has 0 radical (unpaired) electrons. The van der Waals surface area contributed by atoms with Gasteiger partial charge in [-0.25, -0.2) is 4.98 Å². The topological polar surface area (TPSA) is 30.0 Å². The molecule has 13 heavy (non-hydrogen) atoms. The van der Waals surface area contributed by atoms with Gasteiger partial charge in [0.2, 0.25) is 0 Å². The number of hydrogen-bond acceptors (Lipinski definition) is 2. The van der Waals surface area contributed by atoms with E-state index in [4.69, 9.17) is 11.6 Å². The lowest BCUT2D eigenvalue weighted by Crippen LogP contribution is -2.19. The van der Waals surface area contributed by atoms with Crippen molar-refractivity contribution < 1.29 is 4.79 Å². The first-order valence-corrected chi connectivity index (χ1v) is 4.92. The van der Waals surface area contributed by atoms with Crippen LogP contribution < -0.4 is 0 Å². The fourth-order valence-electron chi connectivity index (χ4n) is 0.938. The average Bonchev–Trinajstić information content (AvgIpc) is 2.09. The molecule has 0 spiro atoms. The van der Waals surface area contributed by atoms with Gasteiger partial charge in [-0.05, 0) is 35.8 Å². The van der Waals surface area contributed by atoms with E-state index < -0.39 is 5.41 Å². The first-order chi connectivity index (χ1) is 5.97. The summed E-state index contributed by atoms with van der Waals surface area (Å²) in [6.45, 7) is 3.60. The maximum absolute atomic E-state index is 10.8. The quantitative estimate of drug-likeness (QED) is 0.606. The molecule has 0 saturated carbocycles. The third-order valence-corrected chi connectivity index (χ3v) is 2.53. The summed E-state index contributed by atoms with van der Waals surface area (Å²) in [5, 5.41) is 0.375.